The van der Waals surface area contributed by atoms with Crippen LogP contribution in [-0.2, 0) is 6.61 Å². The first kappa shape index (κ1) is 15.4. The van der Waals surface area contributed by atoms with Crippen LogP contribution in [0.2, 0.25) is 0 Å². The lowest BCUT2D eigenvalue weighted by atomic mass is 10.2. The minimum atomic E-state index is -4.32. The number of aromatic nitrogens is 2. The summed E-state index contributed by atoms with van der Waals surface area (Å²) in [4.78, 5) is 7.23. The van der Waals surface area contributed by atoms with Gasteiger partial charge in [0, 0.05) is 4.90 Å². The van der Waals surface area contributed by atoms with Crippen molar-refractivity contribution in [1.82, 2.24) is 9.97 Å². The van der Waals surface area contributed by atoms with Crippen molar-refractivity contribution in [2.75, 3.05) is 5.73 Å². The zero-order chi connectivity index (χ0) is 15.5. The number of nitrogens with two attached hydrogens (primary N) is 1. The van der Waals surface area contributed by atoms with Crippen molar-refractivity contribution in [1.29, 1.82) is 0 Å². The summed E-state index contributed by atoms with van der Waals surface area (Å²) in [7, 11) is 0. The highest BCUT2D eigenvalue weighted by Gasteiger charge is 2.28. The average Bonchev–Trinajstić information content (AvgIpc) is 2.40. The SMILES string of the molecule is Nc1nc(OCc2ccc(SC(F)(F)F)cc2)ncc1F. The van der Waals surface area contributed by atoms with Crippen LogP contribution < -0.4 is 10.5 Å². The summed E-state index contributed by atoms with van der Waals surface area (Å²) in [6.45, 7) is 0.0298. The van der Waals surface area contributed by atoms with Crippen LogP contribution in [-0.4, -0.2) is 15.5 Å². The van der Waals surface area contributed by atoms with E-state index in [1.54, 1.807) is 0 Å². The standard InChI is InChI=1S/C12H9F4N3OS/c13-9-5-18-11(19-10(9)17)20-6-7-1-3-8(4-2-7)21-12(14,15)16/h1-5H,6H2,(H2,17,18,19). The number of ether oxygens (including phenoxy) is 1. The van der Waals surface area contributed by atoms with Gasteiger partial charge in [-0.25, -0.2) is 9.37 Å². The molecule has 21 heavy (non-hydrogen) atoms. The molecule has 0 fully saturated rings. The van der Waals surface area contributed by atoms with Gasteiger partial charge in [0.1, 0.15) is 6.61 Å². The summed E-state index contributed by atoms with van der Waals surface area (Å²) in [5.41, 5.74) is 1.55. The first-order valence-electron chi connectivity index (χ1n) is 5.59. The largest absolute Gasteiger partial charge is 0.459 e. The molecule has 0 aliphatic rings. The molecule has 0 atom stereocenters. The molecule has 9 heteroatoms. The van der Waals surface area contributed by atoms with E-state index in [2.05, 4.69) is 9.97 Å². The molecule has 0 saturated heterocycles. The van der Waals surface area contributed by atoms with Crippen molar-refractivity contribution in [3.05, 3.63) is 41.8 Å². The maximum absolute atomic E-state index is 12.8. The van der Waals surface area contributed by atoms with Crippen LogP contribution in [0.4, 0.5) is 23.4 Å². The Bertz CT molecular complexity index is 619. The number of rotatable bonds is 4. The lowest BCUT2D eigenvalue weighted by Gasteiger charge is -2.07. The van der Waals surface area contributed by atoms with Crippen molar-refractivity contribution in [3.8, 4) is 6.01 Å². The molecule has 0 spiro atoms. The molecule has 2 N–H and O–H groups in total. The summed E-state index contributed by atoms with van der Waals surface area (Å²) >= 11 is -0.196. The van der Waals surface area contributed by atoms with E-state index >= 15 is 0 Å². The summed E-state index contributed by atoms with van der Waals surface area (Å²) in [5.74, 6) is -1.09. The summed E-state index contributed by atoms with van der Waals surface area (Å²) in [6.07, 6.45) is 0.876. The summed E-state index contributed by atoms with van der Waals surface area (Å²) in [5, 5.41) is 0. The van der Waals surface area contributed by atoms with Gasteiger partial charge in [0.15, 0.2) is 11.6 Å². The molecule has 0 radical (unpaired) electrons. The van der Waals surface area contributed by atoms with Crippen LogP contribution in [0.5, 0.6) is 6.01 Å². The lowest BCUT2D eigenvalue weighted by molar-refractivity contribution is -0.0328. The van der Waals surface area contributed by atoms with Gasteiger partial charge >= 0.3 is 11.5 Å². The number of hydrogen-bond donors (Lipinski definition) is 1. The van der Waals surface area contributed by atoms with Crippen molar-refractivity contribution in [2.45, 2.75) is 17.0 Å². The van der Waals surface area contributed by atoms with Crippen LogP contribution in [0, 0.1) is 5.82 Å². The molecule has 0 aliphatic carbocycles. The highest BCUT2D eigenvalue weighted by molar-refractivity contribution is 8.00. The third-order valence-electron chi connectivity index (χ3n) is 2.27. The number of nitrogens with zero attached hydrogens (tertiary/aromatic N) is 2. The van der Waals surface area contributed by atoms with E-state index in [4.69, 9.17) is 10.5 Å². The Hall–Kier alpha value is -2.03. The van der Waals surface area contributed by atoms with Crippen molar-refractivity contribution < 1.29 is 22.3 Å². The first-order chi connectivity index (χ1) is 9.83. The Morgan fingerprint density at radius 1 is 1.19 bits per heavy atom. The van der Waals surface area contributed by atoms with Crippen LogP contribution >= 0.6 is 11.8 Å². The Morgan fingerprint density at radius 2 is 1.86 bits per heavy atom. The second-order valence-corrected chi connectivity index (χ2v) is 5.00. The second kappa shape index (κ2) is 6.17. The van der Waals surface area contributed by atoms with E-state index in [9.17, 15) is 17.6 Å². The van der Waals surface area contributed by atoms with E-state index in [0.29, 0.717) is 5.56 Å². The van der Waals surface area contributed by atoms with Crippen molar-refractivity contribution in [2.24, 2.45) is 0 Å². The fourth-order valence-corrected chi connectivity index (χ4v) is 1.91. The average molecular weight is 319 g/mol. The zero-order valence-corrected chi connectivity index (χ0v) is 11.2. The van der Waals surface area contributed by atoms with E-state index in [1.807, 2.05) is 0 Å². The molecular formula is C12H9F4N3OS. The fraction of sp³-hybridized carbons (Fsp3) is 0.167. The molecule has 1 aromatic heterocycles. The molecule has 4 nitrogen and oxygen atoms in total. The van der Waals surface area contributed by atoms with Crippen LogP contribution in [0.3, 0.4) is 0 Å². The highest BCUT2D eigenvalue weighted by Crippen LogP contribution is 2.36. The van der Waals surface area contributed by atoms with Crippen LogP contribution in [0.15, 0.2) is 35.4 Å². The van der Waals surface area contributed by atoms with E-state index in [1.165, 1.54) is 24.3 Å². The minimum absolute atomic E-state index is 0.0298. The van der Waals surface area contributed by atoms with Gasteiger partial charge in [-0.1, -0.05) is 12.1 Å². The zero-order valence-electron chi connectivity index (χ0n) is 10.4. The molecule has 0 unspecified atom stereocenters. The third-order valence-corrected chi connectivity index (χ3v) is 3.01. The Balaban J connectivity index is 1.96. The van der Waals surface area contributed by atoms with Gasteiger partial charge < -0.3 is 10.5 Å². The monoisotopic (exact) mass is 319 g/mol. The number of anilines is 1. The number of thioether (sulfide) groups is 1. The number of halogens is 4. The molecular weight excluding hydrogens is 310 g/mol. The topological polar surface area (TPSA) is 61.0 Å². The van der Waals surface area contributed by atoms with Gasteiger partial charge in [0.2, 0.25) is 0 Å². The first-order valence-corrected chi connectivity index (χ1v) is 6.40. The Kier molecular flexibility index (Phi) is 4.51. The molecule has 1 aromatic carbocycles. The molecule has 112 valence electrons. The molecule has 0 bridgehead atoms. The molecule has 0 saturated carbocycles. The number of nitrogen functional groups attached to an aromatic ring is 1. The van der Waals surface area contributed by atoms with Crippen LogP contribution in [0.1, 0.15) is 5.56 Å². The van der Waals surface area contributed by atoms with Gasteiger partial charge in [0.25, 0.3) is 0 Å². The summed E-state index contributed by atoms with van der Waals surface area (Å²) < 4.78 is 54.5. The Labute approximate surface area is 121 Å². The normalized spacial score (nSPS) is 11.4. The van der Waals surface area contributed by atoms with Crippen molar-refractivity contribution in [3.63, 3.8) is 0 Å². The van der Waals surface area contributed by atoms with Gasteiger partial charge in [-0.2, -0.15) is 18.2 Å². The smallest absolute Gasteiger partial charge is 0.446 e. The number of alkyl halides is 3. The molecule has 0 amide bonds. The summed E-state index contributed by atoms with van der Waals surface area (Å²) in [6, 6.07) is 5.53. The predicted molar refractivity (Wildman–Crippen MR) is 69.1 cm³/mol. The van der Waals surface area contributed by atoms with Gasteiger partial charge in [-0.3, -0.25) is 0 Å². The Morgan fingerprint density at radius 3 is 2.43 bits per heavy atom. The molecule has 2 rings (SSSR count). The minimum Gasteiger partial charge on any atom is -0.459 e. The number of hydrogen-bond acceptors (Lipinski definition) is 5. The lowest BCUT2D eigenvalue weighted by Crippen LogP contribution is -2.03. The predicted octanol–water partition coefficient (Wildman–Crippen LogP) is 3.39. The maximum atomic E-state index is 12.8. The fourth-order valence-electron chi connectivity index (χ4n) is 1.37. The van der Waals surface area contributed by atoms with Gasteiger partial charge in [0.05, 0.1) is 6.20 Å². The molecule has 2 aromatic rings. The number of benzene rings is 1. The van der Waals surface area contributed by atoms with Gasteiger partial charge in [-0.05, 0) is 29.5 Å². The van der Waals surface area contributed by atoms with Gasteiger partial charge in [-0.15, -0.1) is 0 Å². The van der Waals surface area contributed by atoms with E-state index in [0.717, 1.165) is 6.20 Å². The highest BCUT2D eigenvalue weighted by atomic mass is 32.2. The second-order valence-electron chi connectivity index (χ2n) is 3.87. The maximum Gasteiger partial charge on any atom is 0.446 e. The third kappa shape index (κ3) is 4.78. The molecule has 0 aliphatic heterocycles. The quantitative estimate of drug-likeness (QED) is 0.691. The van der Waals surface area contributed by atoms with E-state index < -0.39 is 11.3 Å². The van der Waals surface area contributed by atoms with Crippen LogP contribution in [0.25, 0.3) is 0 Å². The van der Waals surface area contributed by atoms with Crippen molar-refractivity contribution >= 4 is 17.6 Å². The van der Waals surface area contributed by atoms with E-state index in [-0.39, 0.29) is 35.1 Å². The molecule has 1 heterocycles.